The molecule has 7 nitrogen and oxygen atoms in total. The van der Waals surface area contributed by atoms with E-state index in [-0.39, 0.29) is 24.2 Å². The smallest absolute Gasteiger partial charge is 0.244 e. The molecule has 2 aromatic carbocycles. The molecule has 174 valence electrons. The van der Waals surface area contributed by atoms with E-state index in [1.807, 2.05) is 44.2 Å². The lowest BCUT2D eigenvalue weighted by atomic mass is 10.1. The molecule has 2 rings (SSSR count). The third-order valence-corrected chi connectivity index (χ3v) is 5.95. The van der Waals surface area contributed by atoms with Crippen LogP contribution >= 0.6 is 0 Å². The fourth-order valence-corrected chi connectivity index (χ4v) is 4.15. The van der Waals surface area contributed by atoms with E-state index in [0.717, 1.165) is 28.3 Å². The quantitative estimate of drug-likeness (QED) is 0.587. The van der Waals surface area contributed by atoms with Crippen molar-refractivity contribution in [2.45, 2.75) is 45.8 Å². The number of anilines is 1. The van der Waals surface area contributed by atoms with Crippen LogP contribution < -0.4 is 9.62 Å². The number of amides is 2. The Morgan fingerprint density at radius 1 is 1.03 bits per heavy atom. The summed E-state index contributed by atoms with van der Waals surface area (Å²) in [5.74, 6) is -1.36. The fraction of sp³-hybridized carbons (Fsp3) is 0.391. The molecule has 0 aromatic heterocycles. The van der Waals surface area contributed by atoms with E-state index in [1.165, 1.54) is 17.0 Å². The molecule has 1 N–H and O–H groups in total. The summed E-state index contributed by atoms with van der Waals surface area (Å²) in [4.78, 5) is 27.6. The van der Waals surface area contributed by atoms with E-state index >= 15 is 0 Å². The molecule has 32 heavy (non-hydrogen) atoms. The summed E-state index contributed by atoms with van der Waals surface area (Å²) in [7, 11) is -3.84. The van der Waals surface area contributed by atoms with E-state index in [9.17, 15) is 22.4 Å². The van der Waals surface area contributed by atoms with Crippen LogP contribution in [0.2, 0.25) is 0 Å². The van der Waals surface area contributed by atoms with Gasteiger partial charge in [0, 0.05) is 12.6 Å². The van der Waals surface area contributed by atoms with E-state index < -0.39 is 34.3 Å². The first kappa shape index (κ1) is 25.3. The van der Waals surface area contributed by atoms with Crippen molar-refractivity contribution in [3.63, 3.8) is 0 Å². The highest BCUT2D eigenvalue weighted by Crippen LogP contribution is 2.20. The number of hydrogen-bond acceptors (Lipinski definition) is 4. The van der Waals surface area contributed by atoms with Gasteiger partial charge in [0.15, 0.2) is 0 Å². The number of carbonyl (C=O) groups is 2. The lowest BCUT2D eigenvalue weighted by Gasteiger charge is -2.33. The summed E-state index contributed by atoms with van der Waals surface area (Å²) in [6.07, 6.45) is 1.33. The SMILES string of the molecule is CC[C@@H](C(=O)NC(C)C)N(Cc1ccccc1)C(=O)CN(c1ccc(F)cc1)S(C)(=O)=O. The van der Waals surface area contributed by atoms with Gasteiger partial charge in [-0.15, -0.1) is 0 Å². The number of halogens is 1. The monoisotopic (exact) mass is 463 g/mol. The maximum atomic E-state index is 13.4. The van der Waals surface area contributed by atoms with Crippen molar-refractivity contribution in [2.75, 3.05) is 17.1 Å². The molecule has 0 aliphatic heterocycles. The molecular weight excluding hydrogens is 433 g/mol. The van der Waals surface area contributed by atoms with Crippen LogP contribution in [-0.2, 0) is 26.2 Å². The third kappa shape index (κ3) is 7.05. The normalized spacial score (nSPS) is 12.3. The zero-order valence-corrected chi connectivity index (χ0v) is 19.6. The topological polar surface area (TPSA) is 86.8 Å². The van der Waals surface area contributed by atoms with Crippen molar-refractivity contribution in [1.29, 1.82) is 0 Å². The van der Waals surface area contributed by atoms with Gasteiger partial charge in [-0.3, -0.25) is 13.9 Å². The van der Waals surface area contributed by atoms with Crippen LogP contribution in [0.1, 0.15) is 32.8 Å². The molecule has 0 unspecified atom stereocenters. The predicted molar refractivity (Wildman–Crippen MR) is 123 cm³/mol. The van der Waals surface area contributed by atoms with Gasteiger partial charge >= 0.3 is 0 Å². The summed E-state index contributed by atoms with van der Waals surface area (Å²) < 4.78 is 39.1. The van der Waals surface area contributed by atoms with Gasteiger partial charge in [0.25, 0.3) is 0 Å². The Bertz CT molecular complexity index is 1010. The number of sulfonamides is 1. The highest BCUT2D eigenvalue weighted by atomic mass is 32.2. The maximum absolute atomic E-state index is 13.4. The Hall–Kier alpha value is -2.94. The van der Waals surface area contributed by atoms with Crippen molar-refractivity contribution in [3.05, 3.63) is 66.0 Å². The third-order valence-electron chi connectivity index (χ3n) is 4.81. The van der Waals surface area contributed by atoms with Gasteiger partial charge in [-0.25, -0.2) is 12.8 Å². The first-order valence-electron chi connectivity index (χ1n) is 10.4. The number of nitrogens with zero attached hydrogens (tertiary/aromatic N) is 2. The second kappa shape index (κ2) is 11.1. The van der Waals surface area contributed by atoms with Gasteiger partial charge in [0.2, 0.25) is 21.8 Å². The van der Waals surface area contributed by atoms with Gasteiger partial charge in [0.05, 0.1) is 11.9 Å². The average Bonchev–Trinajstić information content (AvgIpc) is 2.72. The van der Waals surface area contributed by atoms with Crippen LogP contribution in [0.5, 0.6) is 0 Å². The summed E-state index contributed by atoms with van der Waals surface area (Å²) in [6, 6.07) is 13.1. The molecule has 0 radical (unpaired) electrons. The van der Waals surface area contributed by atoms with Crippen LogP contribution in [0, 0.1) is 5.82 Å². The van der Waals surface area contributed by atoms with Crippen LogP contribution in [0.15, 0.2) is 54.6 Å². The summed E-state index contributed by atoms with van der Waals surface area (Å²) in [5, 5.41) is 2.83. The first-order chi connectivity index (χ1) is 15.0. The molecular formula is C23H30FN3O4S. The average molecular weight is 464 g/mol. The molecule has 2 amide bonds. The molecule has 0 fully saturated rings. The van der Waals surface area contributed by atoms with E-state index in [1.54, 1.807) is 6.92 Å². The number of rotatable bonds is 10. The Labute approximate surface area is 189 Å². The lowest BCUT2D eigenvalue weighted by Crippen LogP contribution is -2.53. The highest BCUT2D eigenvalue weighted by molar-refractivity contribution is 7.92. The standard InChI is InChI=1S/C23H30FN3O4S/c1-5-21(23(29)25-17(2)3)26(15-18-9-7-6-8-10-18)22(28)16-27(32(4,30)31)20-13-11-19(24)12-14-20/h6-14,17,21H,5,15-16H2,1-4H3,(H,25,29)/t21-/m0/s1. The van der Waals surface area contributed by atoms with Crippen molar-refractivity contribution < 1.29 is 22.4 Å². The van der Waals surface area contributed by atoms with Gasteiger partial charge in [-0.05, 0) is 50.1 Å². The van der Waals surface area contributed by atoms with Gasteiger partial charge in [-0.1, -0.05) is 37.3 Å². The van der Waals surface area contributed by atoms with Crippen molar-refractivity contribution in [3.8, 4) is 0 Å². The second-order valence-electron chi connectivity index (χ2n) is 7.84. The summed E-state index contributed by atoms with van der Waals surface area (Å²) >= 11 is 0. The fourth-order valence-electron chi connectivity index (χ4n) is 3.30. The van der Waals surface area contributed by atoms with Gasteiger partial charge < -0.3 is 10.2 Å². The molecule has 0 saturated heterocycles. The molecule has 0 aliphatic carbocycles. The lowest BCUT2D eigenvalue weighted by molar-refractivity contribution is -0.140. The Balaban J connectivity index is 2.40. The highest BCUT2D eigenvalue weighted by Gasteiger charge is 2.31. The molecule has 1 atom stereocenters. The predicted octanol–water partition coefficient (Wildman–Crippen LogP) is 2.92. The molecule has 0 aliphatic rings. The first-order valence-corrected chi connectivity index (χ1v) is 12.2. The Morgan fingerprint density at radius 2 is 1.62 bits per heavy atom. The minimum absolute atomic E-state index is 0.114. The number of nitrogens with one attached hydrogen (secondary N) is 1. The van der Waals surface area contributed by atoms with Gasteiger partial charge in [-0.2, -0.15) is 0 Å². The van der Waals surface area contributed by atoms with Crippen LogP contribution in [0.4, 0.5) is 10.1 Å². The zero-order valence-electron chi connectivity index (χ0n) is 18.8. The molecule has 9 heteroatoms. The van der Waals surface area contributed by atoms with Gasteiger partial charge in [0.1, 0.15) is 18.4 Å². The summed E-state index contributed by atoms with van der Waals surface area (Å²) in [5.41, 5.74) is 0.978. The second-order valence-corrected chi connectivity index (χ2v) is 9.75. The number of hydrogen-bond donors (Lipinski definition) is 1. The maximum Gasteiger partial charge on any atom is 0.244 e. The minimum Gasteiger partial charge on any atom is -0.352 e. The Morgan fingerprint density at radius 3 is 2.12 bits per heavy atom. The minimum atomic E-state index is -3.84. The molecule has 0 bridgehead atoms. The van der Waals surface area contributed by atoms with Crippen molar-refractivity contribution >= 4 is 27.5 Å². The van der Waals surface area contributed by atoms with Crippen LogP contribution in [0.25, 0.3) is 0 Å². The van der Waals surface area contributed by atoms with Crippen LogP contribution in [0.3, 0.4) is 0 Å². The molecule has 0 saturated carbocycles. The number of carbonyl (C=O) groups excluding carboxylic acids is 2. The van der Waals surface area contributed by atoms with Crippen LogP contribution in [-0.4, -0.2) is 50.0 Å². The van der Waals surface area contributed by atoms with Crippen molar-refractivity contribution in [1.82, 2.24) is 10.2 Å². The zero-order chi connectivity index (χ0) is 23.9. The Kier molecular flexibility index (Phi) is 8.77. The van der Waals surface area contributed by atoms with E-state index in [2.05, 4.69) is 5.32 Å². The molecule has 0 heterocycles. The molecule has 2 aromatic rings. The van der Waals surface area contributed by atoms with E-state index in [0.29, 0.717) is 6.42 Å². The number of benzene rings is 2. The molecule has 0 spiro atoms. The summed E-state index contributed by atoms with van der Waals surface area (Å²) in [6.45, 7) is 5.08. The largest absolute Gasteiger partial charge is 0.352 e. The van der Waals surface area contributed by atoms with E-state index in [4.69, 9.17) is 0 Å². The van der Waals surface area contributed by atoms with Crippen molar-refractivity contribution in [2.24, 2.45) is 0 Å².